The largest absolute Gasteiger partial charge is 0.493 e. The molecule has 1 amide bonds. The van der Waals surface area contributed by atoms with Crippen molar-refractivity contribution < 1.29 is 23.0 Å². The molecule has 2 unspecified atom stereocenters. The molecule has 1 aliphatic carbocycles. The van der Waals surface area contributed by atoms with Crippen molar-refractivity contribution in [2.75, 3.05) is 44.8 Å². The summed E-state index contributed by atoms with van der Waals surface area (Å²) in [5.41, 5.74) is 0.992. The van der Waals surface area contributed by atoms with Gasteiger partial charge in [0.15, 0.2) is 0 Å². The van der Waals surface area contributed by atoms with Crippen LogP contribution in [0.15, 0.2) is 24.5 Å². The van der Waals surface area contributed by atoms with Crippen molar-refractivity contribution in [3.05, 3.63) is 47.3 Å². The molecule has 2 atom stereocenters. The molecule has 3 fully saturated rings. The first-order chi connectivity index (χ1) is 18.4. The number of hydrogen-bond acceptors (Lipinski definition) is 6. The van der Waals surface area contributed by atoms with Crippen molar-refractivity contribution in [3.63, 3.8) is 0 Å². The Bertz CT molecular complexity index is 1090. The van der Waals surface area contributed by atoms with Crippen molar-refractivity contribution in [1.29, 1.82) is 0 Å². The SMILES string of the molecule is COCc1cnc(N2CCC(C3CC3(C)CCOc3cc(F)c(CC(=O)N4CCCC4)c(F)c3)CC2)nc1. The molecule has 2 saturated heterocycles. The van der Waals surface area contributed by atoms with Crippen LogP contribution in [-0.2, 0) is 22.6 Å². The van der Waals surface area contributed by atoms with Gasteiger partial charge in [-0.1, -0.05) is 6.92 Å². The van der Waals surface area contributed by atoms with E-state index in [0.717, 1.165) is 63.1 Å². The summed E-state index contributed by atoms with van der Waals surface area (Å²) in [5, 5.41) is 0. The van der Waals surface area contributed by atoms with Gasteiger partial charge in [0.1, 0.15) is 17.4 Å². The molecule has 0 spiro atoms. The normalized spacial score (nSPS) is 23.6. The summed E-state index contributed by atoms with van der Waals surface area (Å²) in [6.45, 7) is 6.45. The number of hydrogen-bond donors (Lipinski definition) is 0. The minimum Gasteiger partial charge on any atom is -0.493 e. The van der Waals surface area contributed by atoms with Crippen molar-refractivity contribution in [3.8, 4) is 5.75 Å². The van der Waals surface area contributed by atoms with Gasteiger partial charge in [0.25, 0.3) is 0 Å². The van der Waals surface area contributed by atoms with Crippen LogP contribution in [0.5, 0.6) is 5.75 Å². The van der Waals surface area contributed by atoms with Gasteiger partial charge in [-0.15, -0.1) is 0 Å². The molecule has 5 rings (SSSR count). The van der Waals surface area contributed by atoms with Crippen LogP contribution in [0, 0.1) is 28.9 Å². The van der Waals surface area contributed by atoms with Crippen molar-refractivity contribution in [2.24, 2.45) is 17.3 Å². The molecule has 1 saturated carbocycles. The number of amides is 1. The highest BCUT2D eigenvalue weighted by atomic mass is 19.1. The van der Waals surface area contributed by atoms with Crippen LogP contribution in [0.4, 0.5) is 14.7 Å². The third-order valence-corrected chi connectivity index (χ3v) is 8.66. The molecule has 206 valence electrons. The monoisotopic (exact) mass is 528 g/mol. The molecular formula is C29H38F2N4O3. The van der Waals surface area contributed by atoms with Gasteiger partial charge in [-0.05, 0) is 55.8 Å². The van der Waals surface area contributed by atoms with Gasteiger partial charge in [-0.3, -0.25) is 4.79 Å². The lowest BCUT2D eigenvalue weighted by molar-refractivity contribution is -0.129. The van der Waals surface area contributed by atoms with E-state index in [9.17, 15) is 13.6 Å². The maximum absolute atomic E-state index is 14.6. The van der Waals surface area contributed by atoms with Crippen molar-refractivity contribution in [2.45, 2.75) is 58.5 Å². The first kappa shape index (κ1) is 26.8. The quantitative estimate of drug-likeness (QED) is 0.442. The number of benzene rings is 1. The molecule has 0 bridgehead atoms. The Morgan fingerprint density at radius 3 is 2.37 bits per heavy atom. The summed E-state index contributed by atoms with van der Waals surface area (Å²) in [6.07, 6.45) is 9.52. The van der Waals surface area contributed by atoms with Crippen LogP contribution < -0.4 is 9.64 Å². The number of halogens is 2. The lowest BCUT2D eigenvalue weighted by atomic mass is 9.87. The second kappa shape index (κ2) is 11.5. The lowest BCUT2D eigenvalue weighted by Crippen LogP contribution is -2.36. The van der Waals surface area contributed by atoms with E-state index in [4.69, 9.17) is 9.47 Å². The molecule has 1 aromatic carbocycles. The number of anilines is 1. The van der Waals surface area contributed by atoms with Crippen LogP contribution >= 0.6 is 0 Å². The van der Waals surface area contributed by atoms with E-state index < -0.39 is 11.6 Å². The summed E-state index contributed by atoms with van der Waals surface area (Å²) < 4.78 is 40.2. The standard InChI is InChI=1S/C29H38F2N4O3/c1-29(16-24(29)21-5-10-35(11-6-21)28-32-17-20(18-33-28)19-37-2)7-12-38-22-13-25(30)23(26(31)14-22)15-27(36)34-8-3-4-9-34/h13-14,17-18,21,24H,3-12,15-16,19H2,1-2H3. The summed E-state index contributed by atoms with van der Waals surface area (Å²) in [7, 11) is 1.66. The summed E-state index contributed by atoms with van der Waals surface area (Å²) in [6, 6.07) is 2.42. The second-order valence-corrected chi connectivity index (χ2v) is 11.3. The Hall–Kier alpha value is -2.81. The number of methoxy groups -OCH3 is 1. The smallest absolute Gasteiger partial charge is 0.227 e. The third kappa shape index (κ3) is 6.08. The zero-order valence-electron chi connectivity index (χ0n) is 22.4. The highest BCUT2D eigenvalue weighted by Gasteiger charge is 2.53. The average Bonchev–Trinajstić information content (AvgIpc) is 3.30. The van der Waals surface area contributed by atoms with Gasteiger partial charge in [0, 0.05) is 68.9 Å². The van der Waals surface area contributed by atoms with E-state index in [2.05, 4.69) is 21.8 Å². The van der Waals surface area contributed by atoms with E-state index in [-0.39, 0.29) is 29.1 Å². The van der Waals surface area contributed by atoms with Gasteiger partial charge >= 0.3 is 0 Å². The molecule has 7 nitrogen and oxygen atoms in total. The fraction of sp³-hybridized carbons (Fsp3) is 0.621. The molecule has 3 aliphatic rings. The zero-order chi connectivity index (χ0) is 26.7. The molecule has 2 aromatic rings. The minimum atomic E-state index is -0.716. The van der Waals surface area contributed by atoms with Gasteiger partial charge in [0.05, 0.1) is 19.6 Å². The summed E-state index contributed by atoms with van der Waals surface area (Å²) >= 11 is 0. The number of aromatic nitrogens is 2. The Kier molecular flexibility index (Phi) is 8.12. The molecule has 1 aromatic heterocycles. The maximum Gasteiger partial charge on any atom is 0.227 e. The van der Waals surface area contributed by atoms with E-state index >= 15 is 0 Å². The molecule has 38 heavy (non-hydrogen) atoms. The topological polar surface area (TPSA) is 67.8 Å². The second-order valence-electron chi connectivity index (χ2n) is 11.3. The number of rotatable bonds is 10. The van der Waals surface area contributed by atoms with Crippen LogP contribution in [0.25, 0.3) is 0 Å². The predicted molar refractivity (Wildman–Crippen MR) is 140 cm³/mol. The molecule has 0 N–H and O–H groups in total. The zero-order valence-corrected chi connectivity index (χ0v) is 22.4. The van der Waals surface area contributed by atoms with Gasteiger partial charge in [-0.25, -0.2) is 18.7 Å². The fourth-order valence-electron chi connectivity index (χ4n) is 6.18. The Balaban J connectivity index is 1.07. The molecule has 3 heterocycles. The van der Waals surface area contributed by atoms with E-state index in [1.54, 1.807) is 12.0 Å². The Morgan fingerprint density at radius 2 is 1.74 bits per heavy atom. The number of piperidine rings is 1. The minimum absolute atomic E-state index is 0.175. The highest BCUT2D eigenvalue weighted by molar-refractivity contribution is 5.79. The maximum atomic E-state index is 14.6. The Labute approximate surface area is 223 Å². The number of ether oxygens (including phenoxy) is 2. The first-order valence-electron chi connectivity index (χ1n) is 13.8. The molecular weight excluding hydrogens is 490 g/mol. The number of carbonyl (C=O) groups is 1. The van der Waals surface area contributed by atoms with Crippen molar-refractivity contribution in [1.82, 2.24) is 14.9 Å². The van der Waals surface area contributed by atoms with Gasteiger partial charge < -0.3 is 19.3 Å². The number of likely N-dealkylation sites (tertiary alicyclic amines) is 1. The van der Waals surface area contributed by atoms with E-state index in [0.29, 0.717) is 38.1 Å². The third-order valence-electron chi connectivity index (χ3n) is 8.66. The molecule has 9 heteroatoms. The van der Waals surface area contributed by atoms with E-state index in [1.165, 1.54) is 12.1 Å². The van der Waals surface area contributed by atoms with Crippen LogP contribution in [0.1, 0.15) is 56.6 Å². The predicted octanol–water partition coefficient (Wildman–Crippen LogP) is 4.78. The number of nitrogens with zero attached hydrogens (tertiary/aromatic N) is 4. The molecule has 2 aliphatic heterocycles. The summed E-state index contributed by atoms with van der Waals surface area (Å²) in [4.78, 5) is 25.3. The van der Waals surface area contributed by atoms with Crippen LogP contribution in [0.2, 0.25) is 0 Å². The fourth-order valence-corrected chi connectivity index (χ4v) is 6.18. The lowest BCUT2D eigenvalue weighted by Gasteiger charge is -2.33. The summed E-state index contributed by atoms with van der Waals surface area (Å²) in [5.74, 6) is 0.612. The Morgan fingerprint density at radius 1 is 1.08 bits per heavy atom. The van der Waals surface area contributed by atoms with Crippen molar-refractivity contribution >= 4 is 11.9 Å². The van der Waals surface area contributed by atoms with Crippen LogP contribution in [0.3, 0.4) is 0 Å². The highest BCUT2D eigenvalue weighted by Crippen LogP contribution is 2.60. The van der Waals surface area contributed by atoms with Gasteiger partial charge in [0.2, 0.25) is 11.9 Å². The van der Waals surface area contributed by atoms with Crippen LogP contribution in [-0.4, -0.2) is 60.7 Å². The first-order valence-corrected chi connectivity index (χ1v) is 13.8. The number of carbonyl (C=O) groups excluding carboxylic acids is 1. The van der Waals surface area contributed by atoms with E-state index in [1.807, 2.05) is 12.4 Å². The van der Waals surface area contributed by atoms with Gasteiger partial charge in [-0.2, -0.15) is 0 Å². The molecule has 0 radical (unpaired) electrons. The average molecular weight is 529 g/mol.